The van der Waals surface area contributed by atoms with E-state index in [0.717, 1.165) is 114 Å². The lowest BCUT2D eigenvalue weighted by Crippen LogP contribution is -2.09. The van der Waals surface area contributed by atoms with Gasteiger partial charge in [-0.2, -0.15) is 0 Å². The van der Waals surface area contributed by atoms with Gasteiger partial charge in [-0.1, -0.05) is 12.2 Å². The molecule has 0 spiro atoms. The van der Waals surface area contributed by atoms with Crippen molar-refractivity contribution in [2.75, 3.05) is 0 Å². The van der Waals surface area contributed by atoms with Gasteiger partial charge in [0.2, 0.25) is 0 Å². The summed E-state index contributed by atoms with van der Waals surface area (Å²) < 4.78 is 0. The van der Waals surface area contributed by atoms with Crippen LogP contribution < -0.4 is 0 Å². The molecule has 2 aliphatic heterocycles. The average molecular weight is 2230 g/mol. The van der Waals surface area contributed by atoms with Gasteiger partial charge in [0, 0.05) is 155 Å². The number of carboxylic acid groups (broad SMARTS) is 15. The smallest absolute Gasteiger partial charge is 0.307 e. The molecule has 2 aliphatic rings. The lowest BCUT2D eigenvalue weighted by atomic mass is 9.98. The van der Waals surface area contributed by atoms with E-state index in [2.05, 4.69) is 0 Å². The quantitative estimate of drug-likeness (QED) is 0.0158. The standard InChI is InChI=1S/C96H70O31S16/c97-3-1-37-7-54(131-83(37)52-5-36(35-129-52)6-67(98)99)84-40(23-70(104)105)9-56(132-84)86-42(25-72(108)109)11-58(134-86)88-44(27-74(112)113)13-60(136-88)90-46(29-76(116)117)15-62(138-90)92-48(31-78(120)121)17-64(140-92)94-50(33-80(124)125)19-66(142-94)96-51(34-81(126)127)20-65(143-96)95-49(32-79(122)123)18-63(141-95)93-47(30-77(118)119)16-61(139-93)91-45(28-75(114)115)14-59(137-91)89-43(26-73(110)111)12-57(135-89)87-41(24-71(106)107)10-55(133-87)85-39(22-69(102)103)8-53(130-85)82-38(2-4-128-82)21-68(100)101/h2-5,7-20,35,43,48,89,92H,1,6,21-34H2,(H,98,99)(H,100,101)(H,102,103)(H,104,105)(H,106,107)(H,108,109)(H,110,111)(H,112,113)(H,114,115)(H,116,117)(H,118,119)(H,120,121)(H,122,123)(H,124,125)(H,126,127). The van der Waals surface area contributed by atoms with Crippen LogP contribution >= 0.6 is 182 Å². The molecule has 0 saturated carbocycles. The number of rotatable bonds is 47. The van der Waals surface area contributed by atoms with Crippen LogP contribution in [-0.4, -0.2) is 172 Å². The first kappa shape index (κ1) is 104. The van der Waals surface area contributed by atoms with E-state index < -0.39 is 195 Å². The highest BCUT2D eigenvalue weighted by Gasteiger charge is 2.41. The molecule has 0 bridgehead atoms. The maximum Gasteiger partial charge on any atom is 0.307 e. The van der Waals surface area contributed by atoms with E-state index in [1.807, 2.05) is 0 Å². The van der Waals surface area contributed by atoms with Crippen LogP contribution in [0.4, 0.5) is 0 Å². The van der Waals surface area contributed by atoms with Crippen molar-refractivity contribution in [1.29, 1.82) is 0 Å². The number of hydrogen-bond donors (Lipinski definition) is 15. The van der Waals surface area contributed by atoms with Crippen LogP contribution in [0.25, 0.3) is 117 Å². The minimum atomic E-state index is -1.30. The van der Waals surface area contributed by atoms with Crippen LogP contribution in [0.1, 0.15) is 121 Å². The zero-order valence-corrected chi connectivity index (χ0v) is 85.9. The Labute approximate surface area is 870 Å². The molecule has 0 fully saturated rings. The Balaban J connectivity index is 0.719. The number of carbonyl (C=O) groups excluding carboxylic acids is 1. The fourth-order valence-electron chi connectivity index (χ4n) is 16.8. The van der Waals surface area contributed by atoms with Gasteiger partial charge in [-0.25, -0.2) is 0 Å². The first-order chi connectivity index (χ1) is 68.0. The predicted octanol–water partition coefficient (Wildman–Crippen LogP) is 21.6. The zero-order valence-electron chi connectivity index (χ0n) is 72.9. The summed E-state index contributed by atoms with van der Waals surface area (Å²) in [4.78, 5) is 215. The van der Waals surface area contributed by atoms with Crippen molar-refractivity contribution in [3.05, 3.63) is 205 Å². The first-order valence-corrected chi connectivity index (χ1v) is 55.5. The van der Waals surface area contributed by atoms with Crippen molar-refractivity contribution in [3.8, 4) is 107 Å². The lowest BCUT2D eigenvalue weighted by Gasteiger charge is -2.15. The fourth-order valence-corrected chi connectivity index (χ4v) is 38.0. The number of hydrogen-bond acceptors (Lipinski definition) is 32. The van der Waals surface area contributed by atoms with E-state index in [0.29, 0.717) is 176 Å². The normalized spacial score (nSPS) is 14.5. The average Bonchev–Trinajstić information content (AvgIpc) is 1.60. The molecule has 0 radical (unpaired) electrons. The van der Waals surface area contributed by atoms with E-state index in [1.165, 1.54) is 68.4 Å². The van der Waals surface area contributed by atoms with Crippen molar-refractivity contribution in [1.82, 2.24) is 0 Å². The van der Waals surface area contributed by atoms with Crippen LogP contribution in [0.2, 0.25) is 0 Å². The van der Waals surface area contributed by atoms with E-state index >= 15 is 0 Å². The lowest BCUT2D eigenvalue weighted by molar-refractivity contribution is -0.138. The van der Waals surface area contributed by atoms with Gasteiger partial charge in [0.15, 0.2) is 0 Å². The molecular weight excluding hydrogens is 2160 g/mol. The highest BCUT2D eigenvalue weighted by Crippen LogP contribution is 2.63. The summed E-state index contributed by atoms with van der Waals surface area (Å²) in [7, 11) is 0. The number of allylic oxidation sites excluding steroid dienone is 2. The van der Waals surface area contributed by atoms with Gasteiger partial charge in [-0.3, -0.25) is 71.9 Å². The zero-order chi connectivity index (χ0) is 102. The van der Waals surface area contributed by atoms with Crippen molar-refractivity contribution in [2.24, 2.45) is 11.8 Å². The van der Waals surface area contributed by atoms with E-state index in [9.17, 15) is 153 Å². The highest BCUT2D eigenvalue weighted by molar-refractivity contribution is 8.09. The number of aldehydes is 1. The Morgan fingerprint density at radius 1 is 0.231 bits per heavy atom. The SMILES string of the molecule is O=CCc1cc(-c2sc(-c3sc(-c4sc(-c5sc(C6SC(c7sc(-c8sc(-c9sc(-c%10sc(-c%11sc(C%12SC(c%13sc(-c%14sc(-c%15sccc%15CC(=O)O)cc%14CC(=O)O)cc%13CC(=O)O)=CC%12CC(=O)O)cc%11CC(=O)O)cc%10CC(=O)O)cc9CC(=O)O)cc8CC(=O)O)cc7CC(=O)O)=CC6CC(=O)O)cc5CC(=O)O)cc4CC(=O)O)cc3CC(=O)O)cc2CC(=O)O)sc1-c1cc(CC(=O)O)cs1. The molecular formula is C96H70O31S16. The molecule has 4 atom stereocenters. The Morgan fingerprint density at radius 2 is 0.455 bits per heavy atom. The third kappa shape index (κ3) is 23.9. The third-order valence-electron chi connectivity index (χ3n) is 22.2. The summed E-state index contributed by atoms with van der Waals surface area (Å²) in [5.41, 5.74) is 4.56. The fraction of sp³-hybridized carbons (Fsp3) is 0.208. The Hall–Kier alpha value is -12.3. The van der Waals surface area contributed by atoms with Gasteiger partial charge in [0.05, 0.1) is 107 Å². The second-order valence-electron chi connectivity index (χ2n) is 32.7. The molecule has 47 heteroatoms. The molecule has 0 amide bonds. The van der Waals surface area contributed by atoms with Crippen molar-refractivity contribution < 1.29 is 153 Å². The molecule has 143 heavy (non-hydrogen) atoms. The van der Waals surface area contributed by atoms with Gasteiger partial charge in [-0.15, -0.1) is 182 Å². The molecule has 14 aromatic rings. The summed E-state index contributed by atoms with van der Waals surface area (Å²) >= 11 is 18.3. The molecule has 0 aromatic carbocycles. The topological polar surface area (TPSA) is 577 Å². The molecule has 4 unspecified atom stereocenters. The third-order valence-corrected chi connectivity index (χ3v) is 43.9. The summed E-state index contributed by atoms with van der Waals surface area (Å²) in [6, 6.07) is 22.7. The molecule has 15 N–H and O–H groups in total. The summed E-state index contributed by atoms with van der Waals surface area (Å²) in [6.07, 6.45) is -3.68. The molecule has 16 heterocycles. The Bertz CT molecular complexity index is 7670. The Kier molecular flexibility index (Phi) is 31.7. The predicted molar refractivity (Wildman–Crippen MR) is 555 cm³/mol. The van der Waals surface area contributed by atoms with Gasteiger partial charge < -0.3 is 81.4 Å². The van der Waals surface area contributed by atoms with Gasteiger partial charge in [0.1, 0.15) is 6.29 Å². The number of carboxylic acids is 15. The largest absolute Gasteiger partial charge is 0.481 e. The van der Waals surface area contributed by atoms with Crippen LogP contribution in [0.15, 0.2) is 108 Å². The number of carbonyl (C=O) groups is 16. The second kappa shape index (κ2) is 43.7. The summed E-state index contributed by atoms with van der Waals surface area (Å²) in [5.74, 6) is -20.1. The molecule has 0 saturated heterocycles. The highest BCUT2D eigenvalue weighted by atomic mass is 32.2. The van der Waals surface area contributed by atoms with Crippen molar-refractivity contribution >= 4 is 288 Å². The molecule has 14 aromatic heterocycles. The van der Waals surface area contributed by atoms with E-state index in [4.69, 9.17) is 0 Å². The first-order valence-electron chi connectivity index (χ1n) is 42.2. The minimum Gasteiger partial charge on any atom is -0.481 e. The van der Waals surface area contributed by atoms with Crippen LogP contribution in [-0.2, 0) is 167 Å². The van der Waals surface area contributed by atoms with Crippen molar-refractivity contribution in [2.45, 2.75) is 113 Å². The molecule has 31 nitrogen and oxygen atoms in total. The van der Waals surface area contributed by atoms with E-state index in [1.54, 1.807) is 108 Å². The minimum absolute atomic E-state index is 0.0285. The maximum absolute atomic E-state index is 13.0. The van der Waals surface area contributed by atoms with Crippen molar-refractivity contribution in [3.63, 3.8) is 0 Å². The summed E-state index contributed by atoms with van der Waals surface area (Å²) in [6.45, 7) is 0. The summed E-state index contributed by atoms with van der Waals surface area (Å²) in [5, 5.41) is 157. The van der Waals surface area contributed by atoms with Gasteiger partial charge >= 0.3 is 89.5 Å². The van der Waals surface area contributed by atoms with Crippen LogP contribution in [0.5, 0.6) is 0 Å². The maximum atomic E-state index is 13.0. The number of aliphatic carboxylic acids is 15. The number of thiophene rings is 14. The molecule has 0 aliphatic carbocycles. The monoisotopic (exact) mass is 2230 g/mol. The second-order valence-corrected chi connectivity index (χ2v) is 49.6. The van der Waals surface area contributed by atoms with E-state index in [-0.39, 0.29) is 63.8 Å². The Morgan fingerprint density at radius 3 is 0.713 bits per heavy atom. The van der Waals surface area contributed by atoms with Gasteiger partial charge in [-0.05, 0) is 174 Å². The molecule has 736 valence electrons. The van der Waals surface area contributed by atoms with Crippen LogP contribution in [0, 0.1) is 11.8 Å². The molecule has 16 rings (SSSR count). The van der Waals surface area contributed by atoms with Gasteiger partial charge in [0.25, 0.3) is 0 Å². The number of thioether (sulfide) groups is 2. The van der Waals surface area contributed by atoms with Crippen LogP contribution in [0.3, 0.4) is 0 Å².